The van der Waals surface area contributed by atoms with Crippen LogP contribution in [0.1, 0.15) is 31.4 Å². The molecule has 2 aromatic carbocycles. The molecule has 1 atom stereocenters. The SMILES string of the molecule is COc1ccc(S(=O)(=O)N(C)CCCC(=O)N[C@@H](C)c2ccccc2OC)cc1. The molecule has 1 N–H and O–H groups in total. The Hall–Kier alpha value is -2.58. The molecule has 2 aromatic rings. The molecule has 0 spiro atoms. The molecule has 0 radical (unpaired) electrons. The average Bonchev–Trinajstić information content (AvgIpc) is 2.73. The Bertz CT molecular complexity index is 913. The van der Waals surface area contributed by atoms with E-state index in [-0.39, 0.29) is 29.8 Å². The minimum Gasteiger partial charge on any atom is -0.497 e. The molecule has 0 heterocycles. The number of rotatable bonds is 10. The van der Waals surface area contributed by atoms with E-state index < -0.39 is 10.0 Å². The number of nitrogens with zero attached hydrogens (tertiary/aromatic N) is 1. The zero-order valence-electron chi connectivity index (χ0n) is 17.2. The fourth-order valence-electron chi connectivity index (χ4n) is 2.93. The van der Waals surface area contributed by atoms with Crippen molar-refractivity contribution < 1.29 is 22.7 Å². The first kappa shape index (κ1) is 22.7. The van der Waals surface area contributed by atoms with Gasteiger partial charge in [0.1, 0.15) is 11.5 Å². The highest BCUT2D eigenvalue weighted by Crippen LogP contribution is 2.24. The molecule has 0 unspecified atom stereocenters. The van der Waals surface area contributed by atoms with Gasteiger partial charge >= 0.3 is 0 Å². The van der Waals surface area contributed by atoms with Crippen molar-refractivity contribution in [1.82, 2.24) is 9.62 Å². The van der Waals surface area contributed by atoms with Crippen molar-refractivity contribution in [3.05, 3.63) is 54.1 Å². The van der Waals surface area contributed by atoms with Crippen LogP contribution in [0.5, 0.6) is 11.5 Å². The average molecular weight is 421 g/mol. The molecular formula is C21H28N2O5S. The summed E-state index contributed by atoms with van der Waals surface area (Å²) in [5.41, 5.74) is 0.891. The third-order valence-corrected chi connectivity index (χ3v) is 6.50. The number of hydrogen-bond acceptors (Lipinski definition) is 5. The number of sulfonamides is 1. The van der Waals surface area contributed by atoms with Gasteiger partial charge in [-0.3, -0.25) is 4.79 Å². The summed E-state index contributed by atoms with van der Waals surface area (Å²) < 4.78 is 36.9. The molecule has 0 fully saturated rings. The van der Waals surface area contributed by atoms with Gasteiger partial charge in [0.05, 0.1) is 25.2 Å². The lowest BCUT2D eigenvalue weighted by molar-refractivity contribution is -0.121. The first-order valence-electron chi connectivity index (χ1n) is 9.32. The third kappa shape index (κ3) is 5.95. The summed E-state index contributed by atoms with van der Waals surface area (Å²) in [6.07, 6.45) is 0.637. The number of benzene rings is 2. The van der Waals surface area contributed by atoms with Crippen LogP contribution in [0.4, 0.5) is 0 Å². The Morgan fingerprint density at radius 1 is 1.07 bits per heavy atom. The summed E-state index contributed by atoms with van der Waals surface area (Å²) in [7, 11) is 1.01. The van der Waals surface area contributed by atoms with E-state index >= 15 is 0 Å². The number of para-hydroxylation sites is 1. The summed E-state index contributed by atoms with van der Waals surface area (Å²) >= 11 is 0. The van der Waals surface area contributed by atoms with Crippen molar-refractivity contribution in [2.75, 3.05) is 27.8 Å². The summed E-state index contributed by atoms with van der Waals surface area (Å²) in [4.78, 5) is 12.5. The van der Waals surface area contributed by atoms with Crippen molar-refractivity contribution in [3.63, 3.8) is 0 Å². The predicted molar refractivity (Wildman–Crippen MR) is 112 cm³/mol. The molecule has 0 bridgehead atoms. The Morgan fingerprint density at radius 2 is 1.72 bits per heavy atom. The molecule has 0 aliphatic rings. The summed E-state index contributed by atoms with van der Waals surface area (Å²) in [5.74, 6) is 1.16. The van der Waals surface area contributed by atoms with E-state index in [4.69, 9.17) is 9.47 Å². The second-order valence-electron chi connectivity index (χ2n) is 6.64. The standard InChI is InChI=1S/C21H28N2O5S/c1-16(19-8-5-6-9-20(19)28-4)22-21(24)10-7-15-23(2)29(25,26)18-13-11-17(27-3)12-14-18/h5-6,8-9,11-14,16H,7,10,15H2,1-4H3,(H,22,24)/t16-/m0/s1. The molecule has 29 heavy (non-hydrogen) atoms. The topological polar surface area (TPSA) is 84.9 Å². The minimum atomic E-state index is -3.61. The smallest absolute Gasteiger partial charge is 0.242 e. The maximum atomic E-state index is 12.6. The molecule has 7 nitrogen and oxygen atoms in total. The monoisotopic (exact) mass is 420 g/mol. The van der Waals surface area contributed by atoms with Gasteiger partial charge in [0.2, 0.25) is 15.9 Å². The molecule has 0 saturated heterocycles. The lowest BCUT2D eigenvalue weighted by atomic mass is 10.1. The quantitative estimate of drug-likeness (QED) is 0.639. The van der Waals surface area contributed by atoms with E-state index in [1.165, 1.54) is 30.6 Å². The molecule has 0 aliphatic carbocycles. The Morgan fingerprint density at radius 3 is 2.34 bits per heavy atom. The number of hydrogen-bond donors (Lipinski definition) is 1. The number of amides is 1. The highest BCUT2D eigenvalue weighted by molar-refractivity contribution is 7.89. The van der Waals surface area contributed by atoms with Crippen LogP contribution in [0.2, 0.25) is 0 Å². The Balaban J connectivity index is 1.87. The van der Waals surface area contributed by atoms with E-state index in [1.54, 1.807) is 19.2 Å². The first-order chi connectivity index (χ1) is 13.8. The highest BCUT2D eigenvalue weighted by atomic mass is 32.2. The lowest BCUT2D eigenvalue weighted by Crippen LogP contribution is -2.30. The van der Waals surface area contributed by atoms with Gasteiger partial charge in [-0.2, -0.15) is 0 Å². The molecule has 8 heteroatoms. The third-order valence-electron chi connectivity index (χ3n) is 4.63. The van der Waals surface area contributed by atoms with E-state index in [0.717, 1.165) is 5.56 Å². The number of nitrogens with one attached hydrogen (secondary N) is 1. The van der Waals surface area contributed by atoms with Crippen molar-refractivity contribution in [1.29, 1.82) is 0 Å². The van der Waals surface area contributed by atoms with Gasteiger partial charge in [-0.05, 0) is 43.7 Å². The zero-order valence-corrected chi connectivity index (χ0v) is 18.0. The number of carbonyl (C=O) groups excluding carboxylic acids is 1. The second-order valence-corrected chi connectivity index (χ2v) is 8.68. The van der Waals surface area contributed by atoms with E-state index in [1.807, 2.05) is 31.2 Å². The van der Waals surface area contributed by atoms with Crippen LogP contribution in [-0.4, -0.2) is 46.4 Å². The largest absolute Gasteiger partial charge is 0.497 e. The highest BCUT2D eigenvalue weighted by Gasteiger charge is 2.21. The van der Waals surface area contributed by atoms with Gasteiger partial charge < -0.3 is 14.8 Å². The van der Waals surface area contributed by atoms with Gasteiger partial charge in [0, 0.05) is 25.6 Å². The van der Waals surface area contributed by atoms with Crippen LogP contribution < -0.4 is 14.8 Å². The van der Waals surface area contributed by atoms with Gasteiger partial charge in [-0.25, -0.2) is 12.7 Å². The normalized spacial score (nSPS) is 12.4. The predicted octanol–water partition coefficient (Wildman–Crippen LogP) is 2.98. The van der Waals surface area contributed by atoms with E-state index in [0.29, 0.717) is 17.9 Å². The maximum absolute atomic E-state index is 12.6. The van der Waals surface area contributed by atoms with Crippen LogP contribution in [0.3, 0.4) is 0 Å². The molecule has 158 valence electrons. The molecule has 0 aliphatic heterocycles. The number of ether oxygens (including phenoxy) is 2. The first-order valence-corrected chi connectivity index (χ1v) is 10.8. The summed E-state index contributed by atoms with van der Waals surface area (Å²) in [6, 6.07) is 13.5. The molecular weight excluding hydrogens is 392 g/mol. The fraction of sp³-hybridized carbons (Fsp3) is 0.381. The molecule has 0 saturated carbocycles. The second kappa shape index (κ2) is 10.3. The summed E-state index contributed by atoms with van der Waals surface area (Å²) in [6.45, 7) is 2.13. The minimum absolute atomic E-state index is 0.140. The number of methoxy groups -OCH3 is 2. The van der Waals surface area contributed by atoms with Crippen LogP contribution >= 0.6 is 0 Å². The Kier molecular flexibility index (Phi) is 8.04. The van der Waals surface area contributed by atoms with Crippen LogP contribution in [0, 0.1) is 0 Å². The Labute approximate surface area is 172 Å². The fourth-order valence-corrected chi connectivity index (χ4v) is 4.14. The van der Waals surface area contributed by atoms with Crippen molar-refractivity contribution >= 4 is 15.9 Å². The van der Waals surface area contributed by atoms with Crippen LogP contribution in [0.25, 0.3) is 0 Å². The van der Waals surface area contributed by atoms with E-state index in [9.17, 15) is 13.2 Å². The van der Waals surface area contributed by atoms with Gasteiger partial charge in [0.15, 0.2) is 0 Å². The summed E-state index contributed by atoms with van der Waals surface area (Å²) in [5, 5.41) is 2.93. The number of carbonyl (C=O) groups is 1. The van der Waals surface area contributed by atoms with Gasteiger partial charge in [0.25, 0.3) is 0 Å². The van der Waals surface area contributed by atoms with E-state index in [2.05, 4.69) is 5.32 Å². The molecule has 1 amide bonds. The van der Waals surface area contributed by atoms with Gasteiger partial charge in [-0.15, -0.1) is 0 Å². The molecule has 0 aromatic heterocycles. The van der Waals surface area contributed by atoms with Crippen LogP contribution in [0.15, 0.2) is 53.4 Å². The van der Waals surface area contributed by atoms with Crippen molar-refractivity contribution in [2.45, 2.75) is 30.7 Å². The van der Waals surface area contributed by atoms with Crippen LogP contribution in [-0.2, 0) is 14.8 Å². The van der Waals surface area contributed by atoms with Gasteiger partial charge in [-0.1, -0.05) is 18.2 Å². The zero-order chi connectivity index (χ0) is 21.4. The molecule has 2 rings (SSSR count). The van der Waals surface area contributed by atoms with Crippen molar-refractivity contribution in [2.24, 2.45) is 0 Å². The van der Waals surface area contributed by atoms with Crippen molar-refractivity contribution in [3.8, 4) is 11.5 Å². The lowest BCUT2D eigenvalue weighted by Gasteiger charge is -2.19. The maximum Gasteiger partial charge on any atom is 0.242 e.